The fourth-order valence-electron chi connectivity index (χ4n) is 1.17. The number of nitrogens with two attached hydrogens (primary N) is 2. The minimum Gasteiger partial charge on any atom is -0.402 e. The van der Waals surface area contributed by atoms with Crippen LogP contribution in [-0.4, -0.2) is 0 Å². The zero-order valence-corrected chi connectivity index (χ0v) is 7.75. The average molecular weight is 174 g/mol. The molecule has 0 radical (unpaired) electrons. The summed E-state index contributed by atoms with van der Waals surface area (Å²) in [4.78, 5) is 0. The molecule has 0 spiro atoms. The highest BCUT2D eigenvalue weighted by Gasteiger charge is 1.99. The van der Waals surface area contributed by atoms with Crippen molar-refractivity contribution in [2.45, 2.75) is 6.92 Å². The molecule has 4 N–H and O–H groups in total. The summed E-state index contributed by atoms with van der Waals surface area (Å²) in [6.45, 7) is 5.55. The van der Waals surface area contributed by atoms with Crippen molar-refractivity contribution in [3.63, 3.8) is 0 Å². The molecule has 0 atom stereocenters. The Balaban J connectivity index is 3.31. The average Bonchev–Trinajstić information content (AvgIpc) is 2.08. The van der Waals surface area contributed by atoms with Crippen LogP contribution in [0.4, 0.5) is 5.69 Å². The van der Waals surface area contributed by atoms with Crippen LogP contribution in [0.15, 0.2) is 30.5 Å². The van der Waals surface area contributed by atoms with Gasteiger partial charge in [0.25, 0.3) is 0 Å². The molecule has 1 aromatic rings. The quantitative estimate of drug-likeness (QED) is 0.675. The SMILES string of the molecule is C=Cc1cccc(N)c1/C=C(/C)N. The number of anilines is 1. The molecule has 0 unspecified atom stereocenters. The van der Waals surface area contributed by atoms with Crippen LogP contribution >= 0.6 is 0 Å². The predicted octanol–water partition coefficient (Wildman–Crippen LogP) is 2.23. The lowest BCUT2D eigenvalue weighted by Crippen LogP contribution is -1.95. The molecule has 0 fully saturated rings. The fraction of sp³-hybridized carbons (Fsp3) is 0.0909. The molecule has 0 saturated heterocycles. The normalized spacial score (nSPS) is 11.3. The van der Waals surface area contributed by atoms with E-state index in [1.807, 2.05) is 31.2 Å². The highest BCUT2D eigenvalue weighted by atomic mass is 14.6. The van der Waals surface area contributed by atoms with Crippen LogP contribution in [0, 0.1) is 0 Å². The molecule has 0 saturated carbocycles. The molecule has 0 aliphatic heterocycles. The highest BCUT2D eigenvalue weighted by Crippen LogP contribution is 2.20. The molecular weight excluding hydrogens is 160 g/mol. The Morgan fingerprint density at radius 1 is 1.46 bits per heavy atom. The van der Waals surface area contributed by atoms with Gasteiger partial charge in [0.15, 0.2) is 0 Å². The molecule has 1 rings (SSSR count). The molecular formula is C11H14N2. The van der Waals surface area contributed by atoms with Crippen molar-refractivity contribution >= 4 is 17.8 Å². The van der Waals surface area contributed by atoms with Gasteiger partial charge in [-0.15, -0.1) is 0 Å². The number of rotatable bonds is 2. The number of allylic oxidation sites excluding steroid dienone is 1. The summed E-state index contributed by atoms with van der Waals surface area (Å²) >= 11 is 0. The van der Waals surface area contributed by atoms with Gasteiger partial charge in [0, 0.05) is 16.9 Å². The van der Waals surface area contributed by atoms with Gasteiger partial charge >= 0.3 is 0 Å². The van der Waals surface area contributed by atoms with E-state index in [9.17, 15) is 0 Å². The standard InChI is InChI=1S/C11H14N2/c1-3-9-5-4-6-11(13)10(9)7-8(2)12/h3-7H,1,12-13H2,2H3/b8-7-. The maximum absolute atomic E-state index is 5.80. The van der Waals surface area contributed by atoms with Crippen LogP contribution in [0.1, 0.15) is 18.1 Å². The van der Waals surface area contributed by atoms with Crippen LogP contribution in [0.2, 0.25) is 0 Å². The van der Waals surface area contributed by atoms with Crippen LogP contribution in [-0.2, 0) is 0 Å². The van der Waals surface area contributed by atoms with Gasteiger partial charge in [-0.1, -0.05) is 24.8 Å². The van der Waals surface area contributed by atoms with E-state index in [1.54, 1.807) is 6.08 Å². The number of hydrogen-bond donors (Lipinski definition) is 2. The lowest BCUT2D eigenvalue weighted by atomic mass is 10.0. The van der Waals surface area contributed by atoms with E-state index in [0.29, 0.717) is 0 Å². The minimum atomic E-state index is 0.724. The smallest absolute Gasteiger partial charge is 0.0394 e. The van der Waals surface area contributed by atoms with Crippen LogP contribution in [0.25, 0.3) is 12.2 Å². The molecule has 1 aromatic carbocycles. The van der Waals surface area contributed by atoms with Crippen LogP contribution in [0.5, 0.6) is 0 Å². The molecule has 0 aromatic heterocycles. The fourth-order valence-corrected chi connectivity index (χ4v) is 1.17. The highest BCUT2D eigenvalue weighted by molar-refractivity contribution is 5.74. The third-order valence-electron chi connectivity index (χ3n) is 1.77. The van der Waals surface area contributed by atoms with Gasteiger partial charge in [-0.2, -0.15) is 0 Å². The van der Waals surface area contributed by atoms with Crippen molar-refractivity contribution < 1.29 is 0 Å². The Morgan fingerprint density at radius 3 is 2.69 bits per heavy atom. The zero-order valence-electron chi connectivity index (χ0n) is 7.75. The first-order chi connectivity index (χ1) is 6.15. The van der Waals surface area contributed by atoms with Crippen LogP contribution in [0.3, 0.4) is 0 Å². The van der Waals surface area contributed by atoms with E-state index in [2.05, 4.69) is 6.58 Å². The Kier molecular flexibility index (Phi) is 2.75. The Morgan fingerprint density at radius 2 is 2.15 bits per heavy atom. The van der Waals surface area contributed by atoms with E-state index in [0.717, 1.165) is 22.5 Å². The molecule has 68 valence electrons. The van der Waals surface area contributed by atoms with Gasteiger partial charge < -0.3 is 11.5 Å². The Bertz CT molecular complexity index is 347. The summed E-state index contributed by atoms with van der Waals surface area (Å²) in [5.74, 6) is 0. The summed E-state index contributed by atoms with van der Waals surface area (Å²) in [5.41, 5.74) is 14.8. The topological polar surface area (TPSA) is 52.0 Å². The number of hydrogen-bond acceptors (Lipinski definition) is 2. The molecule has 2 nitrogen and oxygen atoms in total. The zero-order chi connectivity index (χ0) is 9.84. The second-order valence-corrected chi connectivity index (χ2v) is 2.94. The molecule has 13 heavy (non-hydrogen) atoms. The van der Waals surface area contributed by atoms with Crippen LogP contribution < -0.4 is 11.5 Å². The third kappa shape index (κ3) is 2.12. The van der Waals surface area contributed by atoms with Crippen molar-refractivity contribution in [1.29, 1.82) is 0 Å². The molecule has 0 bridgehead atoms. The summed E-state index contributed by atoms with van der Waals surface area (Å²) < 4.78 is 0. The van der Waals surface area contributed by atoms with Gasteiger partial charge in [-0.25, -0.2) is 0 Å². The molecule has 2 heteroatoms. The summed E-state index contributed by atoms with van der Waals surface area (Å²) in [5, 5.41) is 0. The predicted molar refractivity (Wildman–Crippen MR) is 58.8 cm³/mol. The van der Waals surface area contributed by atoms with Gasteiger partial charge in [-0.05, 0) is 24.6 Å². The Labute approximate surface area is 78.6 Å². The van der Waals surface area contributed by atoms with Gasteiger partial charge in [0.05, 0.1) is 0 Å². The van der Waals surface area contributed by atoms with E-state index >= 15 is 0 Å². The Hall–Kier alpha value is -1.70. The number of benzene rings is 1. The van der Waals surface area contributed by atoms with E-state index < -0.39 is 0 Å². The first-order valence-electron chi connectivity index (χ1n) is 4.10. The maximum atomic E-state index is 5.80. The summed E-state index contributed by atoms with van der Waals surface area (Å²) in [7, 11) is 0. The van der Waals surface area contributed by atoms with E-state index in [1.165, 1.54) is 0 Å². The van der Waals surface area contributed by atoms with Crippen molar-refractivity contribution in [3.8, 4) is 0 Å². The first-order valence-corrected chi connectivity index (χ1v) is 4.10. The van der Waals surface area contributed by atoms with Crippen molar-refractivity contribution in [2.75, 3.05) is 5.73 Å². The number of nitrogen functional groups attached to an aromatic ring is 1. The van der Waals surface area contributed by atoms with Gasteiger partial charge in [0.2, 0.25) is 0 Å². The van der Waals surface area contributed by atoms with Crippen molar-refractivity contribution in [2.24, 2.45) is 5.73 Å². The first kappa shape index (κ1) is 9.39. The summed E-state index contributed by atoms with van der Waals surface area (Å²) in [6.07, 6.45) is 3.62. The van der Waals surface area contributed by atoms with E-state index in [-0.39, 0.29) is 0 Å². The molecule has 0 amide bonds. The van der Waals surface area contributed by atoms with Crippen molar-refractivity contribution in [3.05, 3.63) is 41.6 Å². The second kappa shape index (κ2) is 3.81. The monoisotopic (exact) mass is 174 g/mol. The van der Waals surface area contributed by atoms with Gasteiger partial charge in [0.1, 0.15) is 0 Å². The lowest BCUT2D eigenvalue weighted by Gasteiger charge is -2.05. The third-order valence-corrected chi connectivity index (χ3v) is 1.77. The summed E-state index contributed by atoms with van der Waals surface area (Å²) in [6, 6.07) is 5.70. The second-order valence-electron chi connectivity index (χ2n) is 2.94. The largest absolute Gasteiger partial charge is 0.402 e. The minimum absolute atomic E-state index is 0.724. The molecule has 0 aliphatic carbocycles. The maximum Gasteiger partial charge on any atom is 0.0394 e. The molecule has 0 heterocycles. The van der Waals surface area contributed by atoms with Gasteiger partial charge in [-0.3, -0.25) is 0 Å². The van der Waals surface area contributed by atoms with Crippen molar-refractivity contribution in [1.82, 2.24) is 0 Å². The lowest BCUT2D eigenvalue weighted by molar-refractivity contribution is 1.34. The van der Waals surface area contributed by atoms with E-state index in [4.69, 9.17) is 11.5 Å². The molecule has 0 aliphatic rings.